The minimum absolute atomic E-state index is 0.207. The van der Waals surface area contributed by atoms with E-state index in [0.29, 0.717) is 0 Å². The summed E-state index contributed by atoms with van der Waals surface area (Å²) in [5, 5.41) is 30.6. The number of aliphatic hydroxyl groups excluding tert-OH is 3. The van der Waals surface area contributed by atoms with Crippen molar-refractivity contribution in [3.8, 4) is 10.4 Å². The molecule has 6 heteroatoms. The summed E-state index contributed by atoms with van der Waals surface area (Å²) in [6.07, 6.45) is -2.52. The van der Waals surface area contributed by atoms with E-state index in [0.717, 1.165) is 33.6 Å². The van der Waals surface area contributed by atoms with E-state index in [-0.39, 0.29) is 18.3 Å². The molecular weight excluding hydrogens is 415 g/mol. The first-order chi connectivity index (χ1) is 14.9. The van der Waals surface area contributed by atoms with Crippen molar-refractivity contribution in [2.45, 2.75) is 44.7 Å². The first-order valence-electron chi connectivity index (χ1n) is 10.4. The second kappa shape index (κ2) is 9.18. The van der Waals surface area contributed by atoms with E-state index in [9.17, 15) is 19.7 Å². The zero-order valence-electron chi connectivity index (χ0n) is 17.5. The van der Waals surface area contributed by atoms with E-state index in [4.69, 9.17) is 4.74 Å². The number of hydrogen-bond acceptors (Lipinski definition) is 5. The van der Waals surface area contributed by atoms with Crippen LogP contribution >= 0.6 is 11.3 Å². The van der Waals surface area contributed by atoms with E-state index in [1.807, 2.05) is 31.2 Å². The maximum atomic E-state index is 13.2. The molecule has 0 spiro atoms. The molecule has 4 nitrogen and oxygen atoms in total. The molecule has 2 heterocycles. The number of ether oxygens (including phenoxy) is 1. The summed E-state index contributed by atoms with van der Waals surface area (Å²) in [6.45, 7) is 3.60. The Morgan fingerprint density at radius 1 is 1.00 bits per heavy atom. The van der Waals surface area contributed by atoms with Gasteiger partial charge >= 0.3 is 0 Å². The monoisotopic (exact) mass is 442 g/mol. The van der Waals surface area contributed by atoms with Crippen LogP contribution < -0.4 is 0 Å². The van der Waals surface area contributed by atoms with Gasteiger partial charge in [0.2, 0.25) is 0 Å². The smallest absolute Gasteiger partial charge is 0.123 e. The fourth-order valence-electron chi connectivity index (χ4n) is 4.08. The molecule has 0 saturated carbocycles. The Morgan fingerprint density at radius 2 is 1.74 bits per heavy atom. The minimum Gasteiger partial charge on any atom is -0.394 e. The van der Waals surface area contributed by atoms with Gasteiger partial charge < -0.3 is 20.1 Å². The molecule has 0 aliphatic carbocycles. The van der Waals surface area contributed by atoms with Gasteiger partial charge in [0.05, 0.1) is 18.8 Å². The molecule has 1 fully saturated rings. The topological polar surface area (TPSA) is 69.9 Å². The van der Waals surface area contributed by atoms with E-state index in [1.54, 1.807) is 30.4 Å². The SMILES string of the molecule is Cc1ccc(C2OC(CO)C(C)C(O)[C@H]2O)cc1Cc1ccc(-c2ccc(F)cc2)s1. The summed E-state index contributed by atoms with van der Waals surface area (Å²) < 4.78 is 19.1. The second-order valence-corrected chi connectivity index (χ2v) is 9.42. The summed E-state index contributed by atoms with van der Waals surface area (Å²) in [5.41, 5.74) is 4.00. The average Bonchev–Trinajstić information content (AvgIpc) is 3.23. The number of halogens is 1. The second-order valence-electron chi connectivity index (χ2n) is 8.25. The summed E-state index contributed by atoms with van der Waals surface area (Å²) in [5.74, 6) is -0.597. The molecule has 1 aliphatic heterocycles. The number of rotatable bonds is 5. The van der Waals surface area contributed by atoms with Crippen LogP contribution in [0.4, 0.5) is 4.39 Å². The highest BCUT2D eigenvalue weighted by Crippen LogP contribution is 2.36. The highest BCUT2D eigenvalue weighted by Gasteiger charge is 2.42. The van der Waals surface area contributed by atoms with Crippen molar-refractivity contribution in [3.63, 3.8) is 0 Å². The summed E-state index contributed by atoms with van der Waals surface area (Å²) in [4.78, 5) is 2.25. The molecule has 1 aromatic heterocycles. The summed E-state index contributed by atoms with van der Waals surface area (Å²) in [7, 11) is 0. The third-order valence-electron chi connectivity index (χ3n) is 6.14. The van der Waals surface area contributed by atoms with Crippen molar-refractivity contribution in [1.82, 2.24) is 0 Å². The molecular formula is C25H27FO4S. The number of aliphatic hydroxyl groups is 3. The van der Waals surface area contributed by atoms with Crippen LogP contribution in [0.3, 0.4) is 0 Å². The number of hydrogen-bond donors (Lipinski definition) is 3. The minimum atomic E-state index is -1.06. The zero-order valence-corrected chi connectivity index (χ0v) is 18.3. The first kappa shape index (κ1) is 22.1. The molecule has 0 radical (unpaired) electrons. The Morgan fingerprint density at radius 3 is 2.45 bits per heavy atom. The number of thiophene rings is 1. The van der Waals surface area contributed by atoms with E-state index >= 15 is 0 Å². The average molecular weight is 443 g/mol. The van der Waals surface area contributed by atoms with Crippen LogP contribution in [0.5, 0.6) is 0 Å². The van der Waals surface area contributed by atoms with Gasteiger partial charge in [0.15, 0.2) is 0 Å². The van der Waals surface area contributed by atoms with Gasteiger partial charge in [-0.1, -0.05) is 37.3 Å². The van der Waals surface area contributed by atoms with Crippen molar-refractivity contribution in [2.75, 3.05) is 6.61 Å². The Hall–Kier alpha value is -2.09. The fourth-order valence-corrected chi connectivity index (χ4v) is 5.11. The van der Waals surface area contributed by atoms with Gasteiger partial charge in [-0.2, -0.15) is 0 Å². The van der Waals surface area contributed by atoms with Crippen molar-refractivity contribution >= 4 is 11.3 Å². The summed E-state index contributed by atoms with van der Waals surface area (Å²) in [6, 6.07) is 16.5. The van der Waals surface area contributed by atoms with Gasteiger partial charge in [-0.15, -0.1) is 11.3 Å². The molecule has 1 saturated heterocycles. The van der Waals surface area contributed by atoms with Crippen molar-refractivity contribution in [1.29, 1.82) is 0 Å². The van der Waals surface area contributed by atoms with Crippen LogP contribution in [-0.4, -0.2) is 40.2 Å². The number of benzene rings is 2. The third-order valence-corrected chi connectivity index (χ3v) is 7.28. The Bertz CT molecular complexity index is 1030. The third kappa shape index (κ3) is 4.59. The maximum absolute atomic E-state index is 13.2. The van der Waals surface area contributed by atoms with Gasteiger partial charge in [0.1, 0.15) is 18.0 Å². The fraction of sp³-hybridized carbons (Fsp3) is 0.360. The number of aryl methyl sites for hydroxylation is 1. The maximum Gasteiger partial charge on any atom is 0.123 e. The molecule has 0 amide bonds. The van der Waals surface area contributed by atoms with E-state index in [2.05, 4.69) is 6.07 Å². The molecule has 1 aliphatic rings. The van der Waals surface area contributed by atoms with Gasteiger partial charge in [-0.25, -0.2) is 4.39 Å². The molecule has 0 bridgehead atoms. The predicted molar refractivity (Wildman–Crippen MR) is 120 cm³/mol. The van der Waals surface area contributed by atoms with Gasteiger partial charge in [-0.05, 0) is 53.4 Å². The Labute approximate surface area is 185 Å². The van der Waals surface area contributed by atoms with Crippen molar-refractivity contribution in [3.05, 3.63) is 82.0 Å². The lowest BCUT2D eigenvalue weighted by Crippen LogP contribution is -2.50. The lowest BCUT2D eigenvalue weighted by atomic mass is 9.85. The standard InChI is InChI=1S/C25H27FO4S/c1-14-3-4-17(25-24(29)23(28)15(2)21(13-27)30-25)11-18(14)12-20-9-10-22(31-20)16-5-7-19(26)8-6-16/h3-11,15,21,23-25,27-29H,12-13H2,1-2H3/t15?,21?,23?,24-,25?/m1/s1. The lowest BCUT2D eigenvalue weighted by molar-refractivity contribution is -0.207. The van der Waals surface area contributed by atoms with Gasteiger partial charge in [0.25, 0.3) is 0 Å². The molecule has 4 rings (SSSR count). The van der Waals surface area contributed by atoms with Crippen LogP contribution in [0.15, 0.2) is 54.6 Å². The molecule has 4 unspecified atom stereocenters. The van der Waals surface area contributed by atoms with Gasteiger partial charge in [-0.3, -0.25) is 0 Å². The molecule has 5 atom stereocenters. The van der Waals surface area contributed by atoms with Crippen molar-refractivity contribution < 1.29 is 24.4 Å². The molecule has 3 aromatic rings. The molecule has 3 N–H and O–H groups in total. The highest BCUT2D eigenvalue weighted by molar-refractivity contribution is 7.15. The Balaban J connectivity index is 1.57. The van der Waals surface area contributed by atoms with Gasteiger partial charge in [0, 0.05) is 22.1 Å². The zero-order chi connectivity index (χ0) is 22.1. The summed E-state index contributed by atoms with van der Waals surface area (Å²) >= 11 is 1.67. The highest BCUT2D eigenvalue weighted by atomic mass is 32.1. The van der Waals surface area contributed by atoms with E-state index < -0.39 is 24.4 Å². The lowest BCUT2D eigenvalue weighted by Gasteiger charge is -2.41. The Kier molecular flexibility index (Phi) is 6.55. The normalized spacial score (nSPS) is 26.2. The largest absolute Gasteiger partial charge is 0.394 e. The quantitative estimate of drug-likeness (QED) is 0.553. The van der Waals surface area contributed by atoms with Crippen LogP contribution in [0.25, 0.3) is 10.4 Å². The van der Waals surface area contributed by atoms with Crippen LogP contribution in [0.1, 0.15) is 34.6 Å². The van der Waals surface area contributed by atoms with Crippen LogP contribution in [0, 0.1) is 18.7 Å². The van der Waals surface area contributed by atoms with Crippen LogP contribution in [-0.2, 0) is 11.2 Å². The van der Waals surface area contributed by atoms with E-state index in [1.165, 1.54) is 17.0 Å². The molecule has 31 heavy (non-hydrogen) atoms. The van der Waals surface area contributed by atoms with Crippen LogP contribution in [0.2, 0.25) is 0 Å². The van der Waals surface area contributed by atoms with Crippen molar-refractivity contribution in [2.24, 2.45) is 5.92 Å². The first-order valence-corrected chi connectivity index (χ1v) is 11.3. The molecule has 164 valence electrons. The molecule has 2 aromatic carbocycles. The predicted octanol–water partition coefficient (Wildman–Crippen LogP) is 4.24.